The Morgan fingerprint density at radius 3 is 2.20 bits per heavy atom. The number of hydrogen-bond acceptors (Lipinski definition) is 2. The topological polar surface area (TPSA) is 15.3 Å². The van der Waals surface area contributed by atoms with Crippen molar-refractivity contribution in [2.24, 2.45) is 0 Å². The molecule has 1 N–H and O–H groups in total. The van der Waals surface area contributed by atoms with Crippen molar-refractivity contribution in [1.29, 1.82) is 0 Å². The molecule has 0 aliphatic rings. The molecule has 1 rings (SSSR count). The molecule has 0 spiro atoms. The molecule has 0 aliphatic heterocycles. The van der Waals surface area contributed by atoms with Crippen LogP contribution in [0.25, 0.3) is 0 Å². The molecule has 20 heavy (non-hydrogen) atoms. The zero-order valence-electron chi connectivity index (χ0n) is 12.1. The maximum Gasteiger partial charge on any atom is 0.209 e. The molecule has 0 saturated carbocycles. The van der Waals surface area contributed by atoms with Gasteiger partial charge in [-0.1, -0.05) is 79.0 Å². The normalized spacial score (nSPS) is 13.7. The van der Waals surface area contributed by atoms with Gasteiger partial charge in [-0.05, 0) is 38.2 Å². The average Bonchev–Trinajstić information content (AvgIpc) is 2.42. The molecule has 2 nitrogen and oxygen atoms in total. The summed E-state index contributed by atoms with van der Waals surface area (Å²) in [5, 5.41) is 3.36. The van der Waals surface area contributed by atoms with Gasteiger partial charge in [-0.15, -0.1) is 0 Å². The number of alkyl halides is 3. The maximum absolute atomic E-state index is 6.09. The van der Waals surface area contributed by atoms with E-state index in [9.17, 15) is 0 Å². The Morgan fingerprint density at radius 2 is 1.70 bits per heavy atom. The minimum Gasteiger partial charge on any atom is -0.306 e. The van der Waals surface area contributed by atoms with Crippen LogP contribution < -0.4 is 5.32 Å². The second kappa shape index (κ2) is 9.11. The van der Waals surface area contributed by atoms with Crippen molar-refractivity contribution in [3.05, 3.63) is 35.9 Å². The van der Waals surface area contributed by atoms with E-state index in [4.69, 9.17) is 34.8 Å². The summed E-state index contributed by atoms with van der Waals surface area (Å²) < 4.78 is -1.35. The largest absolute Gasteiger partial charge is 0.306 e. The van der Waals surface area contributed by atoms with E-state index in [-0.39, 0.29) is 6.04 Å². The van der Waals surface area contributed by atoms with Gasteiger partial charge < -0.3 is 10.2 Å². The third kappa shape index (κ3) is 6.19. The molecular formula is C15H23Cl3N2. The Balaban J connectivity index is 2.51. The van der Waals surface area contributed by atoms with Crippen LogP contribution in [0.15, 0.2) is 30.3 Å². The van der Waals surface area contributed by atoms with Crippen LogP contribution in [0.3, 0.4) is 0 Å². The third-order valence-corrected chi connectivity index (χ3v) is 4.01. The number of rotatable bonds is 8. The molecule has 1 unspecified atom stereocenters. The highest BCUT2D eigenvalue weighted by Gasteiger charge is 2.33. The lowest BCUT2D eigenvalue weighted by molar-refractivity contribution is 0.295. The molecule has 0 amide bonds. The van der Waals surface area contributed by atoms with E-state index in [1.54, 1.807) is 0 Å². The molecule has 5 heteroatoms. The zero-order chi connectivity index (χ0) is 15.0. The fourth-order valence-corrected chi connectivity index (χ4v) is 2.77. The predicted molar refractivity (Wildman–Crippen MR) is 89.9 cm³/mol. The van der Waals surface area contributed by atoms with Crippen LogP contribution in [0.2, 0.25) is 0 Å². The first-order chi connectivity index (χ1) is 9.49. The van der Waals surface area contributed by atoms with Crippen LogP contribution in [0.1, 0.15) is 31.9 Å². The van der Waals surface area contributed by atoms with E-state index in [1.165, 1.54) is 0 Å². The van der Waals surface area contributed by atoms with E-state index < -0.39 is 3.79 Å². The van der Waals surface area contributed by atoms with Crippen molar-refractivity contribution in [3.63, 3.8) is 0 Å². The van der Waals surface area contributed by atoms with Gasteiger partial charge in [0.15, 0.2) is 0 Å². The van der Waals surface area contributed by atoms with Gasteiger partial charge in [0, 0.05) is 0 Å². The SMILES string of the molecule is CCN(CC)CCCNC(c1ccccc1)C(Cl)(Cl)Cl. The molecule has 1 aromatic rings. The Morgan fingerprint density at radius 1 is 1.10 bits per heavy atom. The van der Waals surface area contributed by atoms with E-state index in [0.717, 1.165) is 38.2 Å². The van der Waals surface area contributed by atoms with Crippen LogP contribution >= 0.6 is 34.8 Å². The average molecular weight is 338 g/mol. The minimum absolute atomic E-state index is 0.287. The monoisotopic (exact) mass is 336 g/mol. The van der Waals surface area contributed by atoms with E-state index in [0.29, 0.717) is 0 Å². The van der Waals surface area contributed by atoms with Crippen molar-refractivity contribution >= 4 is 34.8 Å². The van der Waals surface area contributed by atoms with Crippen molar-refractivity contribution in [1.82, 2.24) is 10.2 Å². The lowest BCUT2D eigenvalue weighted by Gasteiger charge is -2.26. The van der Waals surface area contributed by atoms with Crippen LogP contribution in [-0.4, -0.2) is 34.9 Å². The summed E-state index contributed by atoms with van der Waals surface area (Å²) in [5.41, 5.74) is 0.996. The summed E-state index contributed by atoms with van der Waals surface area (Å²) in [6, 6.07) is 9.53. The van der Waals surface area contributed by atoms with E-state index >= 15 is 0 Å². The van der Waals surface area contributed by atoms with Crippen LogP contribution in [0.4, 0.5) is 0 Å². The lowest BCUT2D eigenvalue weighted by atomic mass is 10.1. The number of nitrogens with one attached hydrogen (secondary N) is 1. The number of benzene rings is 1. The van der Waals surface area contributed by atoms with Gasteiger partial charge in [0.2, 0.25) is 3.79 Å². The van der Waals surface area contributed by atoms with Crippen LogP contribution in [0.5, 0.6) is 0 Å². The summed E-state index contributed by atoms with van der Waals surface area (Å²) in [6.45, 7) is 8.37. The van der Waals surface area contributed by atoms with Crippen molar-refractivity contribution in [2.75, 3.05) is 26.2 Å². The molecule has 0 bridgehead atoms. The zero-order valence-corrected chi connectivity index (χ0v) is 14.3. The van der Waals surface area contributed by atoms with Gasteiger partial charge in [0.25, 0.3) is 0 Å². The summed E-state index contributed by atoms with van der Waals surface area (Å²) in [4.78, 5) is 2.38. The van der Waals surface area contributed by atoms with Crippen molar-refractivity contribution < 1.29 is 0 Å². The summed E-state index contributed by atoms with van der Waals surface area (Å²) >= 11 is 18.3. The molecule has 1 atom stereocenters. The predicted octanol–water partition coefficient (Wildman–Crippen LogP) is 4.42. The molecule has 114 valence electrons. The first kappa shape index (κ1) is 18.1. The third-order valence-electron chi connectivity index (χ3n) is 3.35. The Hall–Kier alpha value is 0.01000. The molecule has 0 aromatic heterocycles. The number of hydrogen-bond donors (Lipinski definition) is 1. The minimum atomic E-state index is -1.35. The molecular weight excluding hydrogens is 315 g/mol. The highest BCUT2D eigenvalue weighted by atomic mass is 35.6. The molecule has 0 fully saturated rings. The standard InChI is InChI=1S/C15H23Cl3N2/c1-3-20(4-2)12-8-11-19-14(15(16,17)18)13-9-6-5-7-10-13/h5-7,9-10,14,19H,3-4,8,11-12H2,1-2H3. The molecule has 1 aromatic carbocycles. The number of nitrogens with zero attached hydrogens (tertiary/aromatic N) is 1. The van der Waals surface area contributed by atoms with E-state index in [1.807, 2.05) is 30.3 Å². The Labute approximate surface area is 137 Å². The summed E-state index contributed by atoms with van der Waals surface area (Å²) in [7, 11) is 0. The molecule has 0 aliphatic carbocycles. The van der Waals surface area contributed by atoms with Gasteiger partial charge in [-0.3, -0.25) is 0 Å². The highest BCUT2D eigenvalue weighted by Crippen LogP contribution is 2.39. The van der Waals surface area contributed by atoms with Gasteiger partial charge >= 0.3 is 0 Å². The van der Waals surface area contributed by atoms with Gasteiger partial charge in [0.05, 0.1) is 6.04 Å². The van der Waals surface area contributed by atoms with E-state index in [2.05, 4.69) is 24.1 Å². The summed E-state index contributed by atoms with van der Waals surface area (Å²) in [6.07, 6.45) is 1.03. The fourth-order valence-electron chi connectivity index (χ4n) is 2.16. The van der Waals surface area contributed by atoms with Gasteiger partial charge in [0.1, 0.15) is 0 Å². The molecule has 0 saturated heterocycles. The highest BCUT2D eigenvalue weighted by molar-refractivity contribution is 6.68. The van der Waals surface area contributed by atoms with Crippen molar-refractivity contribution in [3.8, 4) is 0 Å². The quantitative estimate of drug-likeness (QED) is 0.558. The second-order valence-electron chi connectivity index (χ2n) is 4.72. The summed E-state index contributed by atoms with van der Waals surface area (Å²) in [5.74, 6) is 0. The van der Waals surface area contributed by atoms with Crippen LogP contribution in [0, 0.1) is 0 Å². The maximum atomic E-state index is 6.09. The smallest absolute Gasteiger partial charge is 0.209 e. The Kier molecular flexibility index (Phi) is 8.23. The first-order valence-corrected chi connectivity index (χ1v) is 8.19. The molecule has 0 radical (unpaired) electrons. The van der Waals surface area contributed by atoms with Gasteiger partial charge in [-0.25, -0.2) is 0 Å². The number of halogens is 3. The van der Waals surface area contributed by atoms with Gasteiger partial charge in [-0.2, -0.15) is 0 Å². The second-order valence-corrected chi connectivity index (χ2v) is 7.09. The fraction of sp³-hybridized carbons (Fsp3) is 0.600. The molecule has 0 heterocycles. The Bertz CT molecular complexity index is 361. The lowest BCUT2D eigenvalue weighted by Crippen LogP contribution is -2.34. The van der Waals surface area contributed by atoms with Crippen molar-refractivity contribution in [2.45, 2.75) is 30.1 Å². The first-order valence-electron chi connectivity index (χ1n) is 7.06. The van der Waals surface area contributed by atoms with Crippen LogP contribution in [-0.2, 0) is 0 Å².